The van der Waals surface area contributed by atoms with Crippen LogP contribution in [0.2, 0.25) is 0 Å². The second-order valence-electron chi connectivity index (χ2n) is 3.46. The number of hydrogen-bond acceptors (Lipinski definition) is 2. The molecule has 0 saturated heterocycles. The van der Waals surface area contributed by atoms with Crippen LogP contribution in [0.25, 0.3) is 0 Å². The van der Waals surface area contributed by atoms with E-state index < -0.39 is 0 Å². The molecule has 0 aromatic carbocycles. The maximum absolute atomic E-state index is 9.95. The molecule has 3 atom stereocenters. The fraction of sp³-hybridized carbons (Fsp3) is 0.875. The van der Waals surface area contributed by atoms with Gasteiger partial charge in [0.2, 0.25) is 6.08 Å². The van der Waals surface area contributed by atoms with E-state index in [1.165, 1.54) is 19.3 Å². The van der Waals surface area contributed by atoms with Gasteiger partial charge in [-0.3, -0.25) is 0 Å². The first-order valence-electron chi connectivity index (χ1n) is 3.97. The number of aliphatic imine (C=N–C) groups is 1. The highest BCUT2D eigenvalue weighted by Crippen LogP contribution is 2.45. The normalized spacial score (nSPS) is 43.4. The first kappa shape index (κ1) is 6.11. The third-order valence-corrected chi connectivity index (χ3v) is 2.92. The van der Waals surface area contributed by atoms with E-state index in [9.17, 15) is 4.79 Å². The zero-order valence-corrected chi connectivity index (χ0v) is 5.92. The first-order chi connectivity index (χ1) is 4.90. The Hall–Kier alpha value is -0.620. The molecule has 0 unspecified atom stereocenters. The molecule has 2 aliphatic carbocycles. The summed E-state index contributed by atoms with van der Waals surface area (Å²) in [5.74, 6) is 1.61. The van der Waals surface area contributed by atoms with Crippen LogP contribution in [-0.2, 0) is 4.79 Å². The monoisotopic (exact) mass is 137 g/mol. The van der Waals surface area contributed by atoms with Crippen LogP contribution in [0.3, 0.4) is 0 Å². The molecule has 0 spiro atoms. The molecule has 0 radical (unpaired) electrons. The van der Waals surface area contributed by atoms with Crippen LogP contribution in [0.15, 0.2) is 4.99 Å². The molecule has 2 heteroatoms. The van der Waals surface area contributed by atoms with Gasteiger partial charge in [-0.25, -0.2) is 9.79 Å². The molecular formula is C8H11NO. The molecular weight excluding hydrogens is 126 g/mol. The summed E-state index contributed by atoms with van der Waals surface area (Å²) in [5.41, 5.74) is 0. The van der Waals surface area contributed by atoms with Crippen molar-refractivity contribution in [2.24, 2.45) is 16.8 Å². The van der Waals surface area contributed by atoms with Gasteiger partial charge in [-0.05, 0) is 31.1 Å². The van der Waals surface area contributed by atoms with E-state index in [-0.39, 0.29) is 0 Å². The van der Waals surface area contributed by atoms with E-state index in [4.69, 9.17) is 0 Å². The minimum absolute atomic E-state index is 0.344. The molecule has 0 aromatic rings. The van der Waals surface area contributed by atoms with Crippen LogP contribution in [0.5, 0.6) is 0 Å². The Bertz CT molecular complexity index is 184. The number of carbonyl (C=O) groups excluding carboxylic acids is 1. The van der Waals surface area contributed by atoms with Gasteiger partial charge in [-0.1, -0.05) is 6.42 Å². The highest BCUT2D eigenvalue weighted by molar-refractivity contribution is 5.34. The molecule has 54 valence electrons. The molecule has 2 aliphatic rings. The molecule has 2 fully saturated rings. The number of isocyanates is 1. The van der Waals surface area contributed by atoms with E-state index in [1.54, 1.807) is 6.08 Å². The highest BCUT2D eigenvalue weighted by atomic mass is 16.1. The summed E-state index contributed by atoms with van der Waals surface area (Å²) in [4.78, 5) is 13.7. The summed E-state index contributed by atoms with van der Waals surface area (Å²) >= 11 is 0. The van der Waals surface area contributed by atoms with Gasteiger partial charge >= 0.3 is 0 Å². The summed E-state index contributed by atoms with van der Waals surface area (Å²) in [7, 11) is 0. The summed E-state index contributed by atoms with van der Waals surface area (Å²) in [5, 5.41) is 0. The van der Waals surface area contributed by atoms with Gasteiger partial charge in [0.25, 0.3) is 0 Å². The average molecular weight is 137 g/mol. The van der Waals surface area contributed by atoms with Crippen molar-refractivity contribution in [3.05, 3.63) is 0 Å². The quantitative estimate of drug-likeness (QED) is 0.398. The van der Waals surface area contributed by atoms with Gasteiger partial charge in [0.15, 0.2) is 0 Å². The van der Waals surface area contributed by atoms with Crippen molar-refractivity contribution in [1.29, 1.82) is 0 Å². The summed E-state index contributed by atoms with van der Waals surface area (Å²) in [6, 6.07) is 0.344. The van der Waals surface area contributed by atoms with Gasteiger partial charge in [0, 0.05) is 0 Å². The Morgan fingerprint density at radius 2 is 2.20 bits per heavy atom. The van der Waals surface area contributed by atoms with Gasteiger partial charge in [0.05, 0.1) is 6.04 Å². The Kier molecular flexibility index (Phi) is 1.35. The maximum atomic E-state index is 9.95. The van der Waals surface area contributed by atoms with Gasteiger partial charge < -0.3 is 0 Å². The smallest absolute Gasteiger partial charge is 0.211 e. The standard InChI is InChI=1S/C8H11NO/c10-5-9-8-4-6-1-2-7(8)3-6/h6-8H,1-4H2/t6-,7-,8+/m0/s1. The van der Waals surface area contributed by atoms with E-state index in [0.717, 1.165) is 18.3 Å². The van der Waals surface area contributed by atoms with Crippen molar-refractivity contribution in [3.8, 4) is 0 Å². The fourth-order valence-corrected chi connectivity index (χ4v) is 2.44. The zero-order valence-electron chi connectivity index (χ0n) is 5.92. The van der Waals surface area contributed by atoms with Crippen LogP contribution < -0.4 is 0 Å². The van der Waals surface area contributed by atoms with Crippen LogP contribution in [0.1, 0.15) is 25.7 Å². The minimum atomic E-state index is 0.344. The van der Waals surface area contributed by atoms with E-state index in [2.05, 4.69) is 4.99 Å². The third kappa shape index (κ3) is 0.800. The predicted octanol–water partition coefficient (Wildman–Crippen LogP) is 1.51. The lowest BCUT2D eigenvalue weighted by Crippen LogP contribution is -2.13. The molecule has 0 aromatic heterocycles. The minimum Gasteiger partial charge on any atom is -0.211 e. The molecule has 2 saturated carbocycles. The number of fused-ring (bicyclic) bond motifs is 2. The van der Waals surface area contributed by atoms with Crippen molar-refractivity contribution in [3.63, 3.8) is 0 Å². The van der Waals surface area contributed by atoms with Crippen LogP contribution in [0, 0.1) is 11.8 Å². The summed E-state index contributed by atoms with van der Waals surface area (Å²) in [6.07, 6.45) is 6.80. The first-order valence-corrected chi connectivity index (χ1v) is 3.97. The zero-order chi connectivity index (χ0) is 6.97. The van der Waals surface area contributed by atoms with Crippen molar-refractivity contribution in [2.45, 2.75) is 31.7 Å². The van der Waals surface area contributed by atoms with Crippen LogP contribution in [-0.4, -0.2) is 12.1 Å². The van der Waals surface area contributed by atoms with Gasteiger partial charge in [0.1, 0.15) is 0 Å². The van der Waals surface area contributed by atoms with Crippen molar-refractivity contribution >= 4 is 6.08 Å². The molecule has 10 heavy (non-hydrogen) atoms. The molecule has 0 N–H and O–H groups in total. The number of rotatable bonds is 1. The Labute approximate surface area is 60.3 Å². The fourth-order valence-electron chi connectivity index (χ4n) is 2.44. The van der Waals surface area contributed by atoms with E-state index >= 15 is 0 Å². The predicted molar refractivity (Wildman–Crippen MR) is 37.4 cm³/mol. The molecule has 0 amide bonds. The lowest BCUT2D eigenvalue weighted by atomic mass is 9.96. The van der Waals surface area contributed by atoms with Crippen LogP contribution >= 0.6 is 0 Å². The van der Waals surface area contributed by atoms with Crippen LogP contribution in [0.4, 0.5) is 0 Å². The Morgan fingerprint density at radius 3 is 2.70 bits per heavy atom. The lowest BCUT2D eigenvalue weighted by Gasteiger charge is -2.14. The van der Waals surface area contributed by atoms with Crippen molar-refractivity contribution in [2.75, 3.05) is 0 Å². The average Bonchev–Trinajstić information content (AvgIpc) is 2.48. The SMILES string of the molecule is O=C=N[C@@H]1C[C@H]2CC[C@H]1C2. The second kappa shape index (κ2) is 2.21. The van der Waals surface area contributed by atoms with Crippen molar-refractivity contribution < 1.29 is 4.79 Å². The summed E-state index contributed by atoms with van der Waals surface area (Å²) < 4.78 is 0. The van der Waals surface area contributed by atoms with E-state index in [0.29, 0.717) is 6.04 Å². The second-order valence-corrected chi connectivity index (χ2v) is 3.46. The molecule has 2 nitrogen and oxygen atoms in total. The van der Waals surface area contributed by atoms with Gasteiger partial charge in [-0.2, -0.15) is 0 Å². The van der Waals surface area contributed by atoms with Crippen molar-refractivity contribution in [1.82, 2.24) is 0 Å². The van der Waals surface area contributed by atoms with Gasteiger partial charge in [-0.15, -0.1) is 0 Å². The molecule has 2 rings (SSSR count). The number of hydrogen-bond donors (Lipinski definition) is 0. The molecule has 0 heterocycles. The number of nitrogens with zero attached hydrogens (tertiary/aromatic N) is 1. The highest BCUT2D eigenvalue weighted by Gasteiger charge is 2.39. The molecule has 0 aliphatic heterocycles. The third-order valence-electron chi connectivity index (χ3n) is 2.92. The summed E-state index contributed by atoms with van der Waals surface area (Å²) in [6.45, 7) is 0. The topological polar surface area (TPSA) is 29.4 Å². The van der Waals surface area contributed by atoms with E-state index in [1.807, 2.05) is 0 Å². The largest absolute Gasteiger partial charge is 0.235 e. The maximum Gasteiger partial charge on any atom is 0.235 e. The lowest BCUT2D eigenvalue weighted by molar-refractivity contribution is 0.417. The Balaban J connectivity index is 2.08. The Morgan fingerprint density at radius 1 is 1.30 bits per heavy atom. The molecule has 2 bridgehead atoms.